The van der Waals surface area contributed by atoms with Crippen molar-refractivity contribution >= 4 is 17.4 Å². The van der Waals surface area contributed by atoms with E-state index in [1.165, 1.54) is 13.3 Å². The Kier molecular flexibility index (Phi) is 4.24. The van der Waals surface area contributed by atoms with Crippen molar-refractivity contribution in [2.75, 3.05) is 5.32 Å². The van der Waals surface area contributed by atoms with E-state index in [4.69, 9.17) is 0 Å². The molecule has 2 aromatic rings. The maximum Gasteiger partial charge on any atom is 0.226 e. The van der Waals surface area contributed by atoms with Crippen LogP contribution in [0, 0.1) is 0 Å². The van der Waals surface area contributed by atoms with E-state index in [1.54, 1.807) is 35.3 Å². The molecule has 0 aliphatic heterocycles. The third-order valence-electron chi connectivity index (χ3n) is 2.92. The van der Waals surface area contributed by atoms with Crippen LogP contribution in [-0.4, -0.2) is 26.5 Å². The molecule has 0 radical (unpaired) electrons. The third-order valence-corrected chi connectivity index (χ3v) is 2.92. The maximum atomic E-state index is 11.9. The fraction of sp³-hybridized carbons (Fsp3) is 0.286. The molecule has 6 nitrogen and oxygen atoms in total. The molecule has 1 heterocycles. The van der Waals surface area contributed by atoms with Crippen molar-refractivity contribution in [2.45, 2.75) is 26.3 Å². The van der Waals surface area contributed by atoms with Gasteiger partial charge in [0.15, 0.2) is 5.78 Å². The molecule has 104 valence electrons. The molecule has 0 saturated heterocycles. The van der Waals surface area contributed by atoms with Gasteiger partial charge >= 0.3 is 0 Å². The Balaban J connectivity index is 1.98. The lowest BCUT2D eigenvalue weighted by Gasteiger charge is -2.11. The number of carbonyl (C=O) groups is 2. The molecule has 0 spiro atoms. The van der Waals surface area contributed by atoms with Gasteiger partial charge in [0, 0.05) is 17.7 Å². The number of nitrogens with zero attached hydrogens (tertiary/aromatic N) is 3. The summed E-state index contributed by atoms with van der Waals surface area (Å²) in [5.74, 6) is -0.161. The molecule has 0 unspecified atom stereocenters. The average molecular weight is 272 g/mol. The van der Waals surface area contributed by atoms with Crippen LogP contribution in [0.4, 0.5) is 5.69 Å². The molecule has 0 aliphatic carbocycles. The zero-order chi connectivity index (χ0) is 14.5. The van der Waals surface area contributed by atoms with Crippen LogP contribution in [-0.2, 0) is 4.79 Å². The highest BCUT2D eigenvalue weighted by Crippen LogP contribution is 2.14. The zero-order valence-electron chi connectivity index (χ0n) is 11.4. The summed E-state index contributed by atoms with van der Waals surface area (Å²) in [5.41, 5.74) is 1.20. The van der Waals surface area contributed by atoms with Crippen molar-refractivity contribution in [1.82, 2.24) is 14.8 Å². The molecule has 0 bridgehead atoms. The summed E-state index contributed by atoms with van der Waals surface area (Å²) in [7, 11) is 0. The van der Waals surface area contributed by atoms with Crippen molar-refractivity contribution in [1.29, 1.82) is 0 Å². The van der Waals surface area contributed by atoms with E-state index in [-0.39, 0.29) is 24.2 Å². The van der Waals surface area contributed by atoms with Crippen LogP contribution in [0.1, 0.15) is 36.7 Å². The monoisotopic (exact) mass is 272 g/mol. The van der Waals surface area contributed by atoms with Gasteiger partial charge in [0.25, 0.3) is 0 Å². The molecule has 0 aliphatic rings. The van der Waals surface area contributed by atoms with Gasteiger partial charge in [-0.25, -0.2) is 9.67 Å². The van der Waals surface area contributed by atoms with Gasteiger partial charge in [-0.1, -0.05) is 12.1 Å². The second kappa shape index (κ2) is 6.10. The minimum absolute atomic E-state index is 0.0305. The van der Waals surface area contributed by atoms with Crippen molar-refractivity contribution in [3.05, 3.63) is 42.5 Å². The minimum Gasteiger partial charge on any atom is -0.326 e. The van der Waals surface area contributed by atoms with E-state index >= 15 is 0 Å². The normalized spacial score (nSPS) is 11.9. The Labute approximate surface area is 116 Å². The number of anilines is 1. The first-order valence-electron chi connectivity index (χ1n) is 6.31. The Morgan fingerprint density at radius 2 is 2.20 bits per heavy atom. The number of nitrogens with one attached hydrogen (secondary N) is 1. The van der Waals surface area contributed by atoms with E-state index in [2.05, 4.69) is 15.4 Å². The van der Waals surface area contributed by atoms with Gasteiger partial charge in [-0.15, -0.1) is 0 Å². The van der Waals surface area contributed by atoms with Crippen LogP contribution < -0.4 is 5.32 Å². The van der Waals surface area contributed by atoms with Crippen molar-refractivity contribution in [3.63, 3.8) is 0 Å². The topological polar surface area (TPSA) is 76.9 Å². The van der Waals surface area contributed by atoms with Gasteiger partial charge < -0.3 is 5.32 Å². The number of hydrogen-bond acceptors (Lipinski definition) is 4. The molecule has 1 aromatic carbocycles. The Hall–Kier alpha value is -2.50. The van der Waals surface area contributed by atoms with Gasteiger partial charge in [0.2, 0.25) is 5.91 Å². The highest BCUT2D eigenvalue weighted by Gasteiger charge is 2.12. The molecule has 0 saturated carbocycles. The van der Waals surface area contributed by atoms with Gasteiger partial charge in [-0.2, -0.15) is 5.10 Å². The third kappa shape index (κ3) is 3.50. The summed E-state index contributed by atoms with van der Waals surface area (Å²) in [6, 6.07) is 6.81. The Morgan fingerprint density at radius 1 is 1.40 bits per heavy atom. The van der Waals surface area contributed by atoms with E-state index in [0.29, 0.717) is 11.3 Å². The molecule has 1 N–H and O–H groups in total. The summed E-state index contributed by atoms with van der Waals surface area (Å²) < 4.78 is 1.63. The minimum atomic E-state index is -0.131. The molecule has 20 heavy (non-hydrogen) atoms. The number of ketones is 1. The predicted octanol–water partition coefficient (Wildman–Crippen LogP) is 2.07. The lowest BCUT2D eigenvalue weighted by atomic mass is 10.1. The number of hydrogen-bond donors (Lipinski definition) is 1. The van der Waals surface area contributed by atoms with E-state index in [0.717, 1.165) is 0 Å². The highest BCUT2D eigenvalue weighted by molar-refractivity contribution is 5.97. The molecule has 1 atom stereocenters. The Morgan fingerprint density at radius 3 is 2.85 bits per heavy atom. The SMILES string of the molecule is CC(=O)c1cccc(NC(=O)C[C@H](C)n2cncn2)c1. The summed E-state index contributed by atoms with van der Waals surface area (Å²) in [6.45, 7) is 3.38. The van der Waals surface area contributed by atoms with Gasteiger partial charge in [0.1, 0.15) is 12.7 Å². The predicted molar refractivity (Wildman–Crippen MR) is 74.4 cm³/mol. The van der Waals surface area contributed by atoms with Crippen LogP contribution in [0.15, 0.2) is 36.9 Å². The molecule has 1 amide bonds. The molecular weight excluding hydrogens is 256 g/mol. The molecule has 0 fully saturated rings. The molecule has 1 aromatic heterocycles. The maximum absolute atomic E-state index is 11.9. The Bertz CT molecular complexity index is 607. The van der Waals surface area contributed by atoms with Crippen molar-refractivity contribution < 1.29 is 9.59 Å². The second-order valence-electron chi connectivity index (χ2n) is 4.61. The lowest BCUT2D eigenvalue weighted by molar-refractivity contribution is -0.116. The average Bonchev–Trinajstić information content (AvgIpc) is 2.92. The van der Waals surface area contributed by atoms with E-state index in [1.807, 2.05) is 6.92 Å². The number of carbonyl (C=O) groups excluding carboxylic acids is 2. The first kappa shape index (κ1) is 13.9. The van der Waals surface area contributed by atoms with Crippen LogP contribution in [0.5, 0.6) is 0 Å². The molecule has 2 rings (SSSR count). The highest BCUT2D eigenvalue weighted by atomic mass is 16.1. The van der Waals surface area contributed by atoms with Crippen LogP contribution in [0.2, 0.25) is 0 Å². The number of aromatic nitrogens is 3. The van der Waals surface area contributed by atoms with E-state index in [9.17, 15) is 9.59 Å². The van der Waals surface area contributed by atoms with Gasteiger partial charge in [0.05, 0.1) is 6.04 Å². The molecular formula is C14H16N4O2. The summed E-state index contributed by atoms with van der Waals surface area (Å²) in [5, 5.41) is 6.77. The fourth-order valence-corrected chi connectivity index (χ4v) is 1.83. The van der Waals surface area contributed by atoms with E-state index < -0.39 is 0 Å². The first-order valence-corrected chi connectivity index (χ1v) is 6.31. The zero-order valence-corrected chi connectivity index (χ0v) is 11.4. The number of amides is 1. The van der Waals surface area contributed by atoms with Gasteiger partial charge in [-0.3, -0.25) is 9.59 Å². The van der Waals surface area contributed by atoms with Crippen LogP contribution in [0.25, 0.3) is 0 Å². The number of benzene rings is 1. The van der Waals surface area contributed by atoms with Crippen molar-refractivity contribution in [2.24, 2.45) is 0 Å². The van der Waals surface area contributed by atoms with Crippen LogP contribution in [0.3, 0.4) is 0 Å². The number of Topliss-reactive ketones (excluding diaryl/α,β-unsaturated/α-hetero) is 1. The summed E-state index contributed by atoms with van der Waals surface area (Å²) >= 11 is 0. The van der Waals surface area contributed by atoms with Crippen LogP contribution >= 0.6 is 0 Å². The summed E-state index contributed by atoms with van der Waals surface area (Å²) in [6.07, 6.45) is 3.30. The molecule has 6 heteroatoms. The smallest absolute Gasteiger partial charge is 0.226 e. The standard InChI is InChI=1S/C14H16N4O2/c1-10(18-9-15-8-16-18)6-14(20)17-13-5-3-4-12(7-13)11(2)19/h3-5,7-10H,6H2,1-2H3,(H,17,20)/t10-/m0/s1. The van der Waals surface area contributed by atoms with Gasteiger partial charge in [-0.05, 0) is 26.0 Å². The summed E-state index contributed by atoms with van der Waals surface area (Å²) in [4.78, 5) is 27.1. The van der Waals surface area contributed by atoms with Crippen molar-refractivity contribution in [3.8, 4) is 0 Å². The largest absolute Gasteiger partial charge is 0.326 e. The lowest BCUT2D eigenvalue weighted by Crippen LogP contribution is -2.18. The quantitative estimate of drug-likeness (QED) is 0.845. The first-order chi connectivity index (χ1) is 9.56. The second-order valence-corrected chi connectivity index (χ2v) is 4.61. The number of rotatable bonds is 5. The fourth-order valence-electron chi connectivity index (χ4n) is 1.83.